The maximum Gasteiger partial charge on any atom is 0.0422 e. The lowest BCUT2D eigenvalue weighted by Gasteiger charge is -2.12. The molecule has 0 aliphatic carbocycles. The Morgan fingerprint density at radius 2 is 1.10 bits per heavy atom. The fraction of sp³-hybridized carbons (Fsp3) is 0.438. The first-order valence-electron chi connectivity index (χ1n) is 14.3. The van der Waals surface area contributed by atoms with E-state index in [-0.39, 0.29) is 0 Å². The highest BCUT2D eigenvalue weighted by Crippen LogP contribution is 2.07. The highest BCUT2D eigenvalue weighted by atomic mass is 14.9. The smallest absolute Gasteiger partial charge is 0.0422 e. The molecule has 0 unspecified atom stereocenters. The van der Waals surface area contributed by atoms with Crippen LogP contribution < -0.4 is 10.6 Å². The summed E-state index contributed by atoms with van der Waals surface area (Å²) in [7, 11) is 0. The summed E-state index contributed by atoms with van der Waals surface area (Å²) in [6.07, 6.45) is 11.1. The van der Waals surface area contributed by atoms with Gasteiger partial charge in [0.05, 0.1) is 0 Å². The Hall–Kier alpha value is -3.94. The predicted molar refractivity (Wildman–Crippen MR) is 169 cm³/mol. The third-order valence-electron chi connectivity index (χ3n) is 6.61. The van der Waals surface area contributed by atoms with Crippen molar-refractivity contribution >= 4 is 23.9 Å². The lowest BCUT2D eigenvalue weighted by atomic mass is 10.1. The van der Waals surface area contributed by atoms with Crippen LogP contribution in [0.5, 0.6) is 0 Å². The molecule has 2 aromatic rings. The van der Waals surface area contributed by atoms with Gasteiger partial charge in [0.2, 0.25) is 0 Å². The number of nitrogens with one attached hydrogen (secondary N) is 2. The Morgan fingerprint density at radius 1 is 0.650 bits per heavy atom. The molecular weight excluding hydrogens is 496 g/mol. The van der Waals surface area contributed by atoms with Gasteiger partial charge in [-0.05, 0) is 64.8 Å². The molecule has 3 heterocycles. The molecule has 0 aromatic carbocycles. The van der Waals surface area contributed by atoms with Gasteiger partial charge >= 0.3 is 0 Å². The number of rotatable bonds is 8. The standard InChI is InChI=1S/C32H44N8/c1-25-31(27(3)37-21-13-29-11-5-7-17-39-29)23-33-15-9-16-34-24-32(26(2)36-20-10-19-35-25)28(4)38-22-14-30-12-6-8-18-40-30/h5-8,11-12,17-18,23-24,37-38H,9-10,13-16,19-22H2,1-4H3/b31-27+,32-28+,33-23?,34-24?,35-25?,36-26?. The van der Waals surface area contributed by atoms with E-state index in [4.69, 9.17) is 20.0 Å². The molecule has 1 aliphatic rings. The van der Waals surface area contributed by atoms with Crippen LogP contribution in [0.1, 0.15) is 51.9 Å². The SMILES string of the molecule is CC1=NCCCN=C(C)/C(=C(\C)NCCc2ccccn2)C=NCCCN=C/C1=C(/C)NCCc1ccccn1. The minimum Gasteiger partial charge on any atom is -0.388 e. The fourth-order valence-electron chi connectivity index (χ4n) is 4.26. The van der Waals surface area contributed by atoms with E-state index < -0.39 is 0 Å². The van der Waals surface area contributed by atoms with Crippen molar-refractivity contribution < 1.29 is 0 Å². The van der Waals surface area contributed by atoms with Crippen LogP contribution >= 0.6 is 0 Å². The maximum absolute atomic E-state index is 4.86. The first kappa shape index (κ1) is 30.6. The third kappa shape index (κ3) is 11.0. The second-order valence-electron chi connectivity index (χ2n) is 9.78. The molecule has 40 heavy (non-hydrogen) atoms. The number of nitrogens with zero attached hydrogens (tertiary/aromatic N) is 6. The number of hydrogen-bond donors (Lipinski definition) is 2. The molecule has 0 spiro atoms. The molecule has 0 fully saturated rings. The van der Waals surface area contributed by atoms with E-state index in [9.17, 15) is 0 Å². The Morgan fingerprint density at radius 3 is 1.52 bits per heavy atom. The van der Waals surface area contributed by atoms with Crippen molar-refractivity contribution in [2.24, 2.45) is 20.0 Å². The number of pyridine rings is 2. The van der Waals surface area contributed by atoms with Gasteiger partial charge in [0.15, 0.2) is 0 Å². The summed E-state index contributed by atoms with van der Waals surface area (Å²) in [5.41, 5.74) is 8.40. The van der Waals surface area contributed by atoms with E-state index in [1.165, 1.54) is 0 Å². The molecule has 0 bridgehead atoms. The van der Waals surface area contributed by atoms with Crippen molar-refractivity contribution in [3.63, 3.8) is 0 Å². The predicted octanol–water partition coefficient (Wildman–Crippen LogP) is 4.85. The van der Waals surface area contributed by atoms with E-state index in [1.54, 1.807) is 0 Å². The summed E-state index contributed by atoms with van der Waals surface area (Å²) in [6, 6.07) is 12.0. The largest absolute Gasteiger partial charge is 0.388 e. The van der Waals surface area contributed by atoms with Crippen LogP contribution in [0.2, 0.25) is 0 Å². The van der Waals surface area contributed by atoms with Crippen molar-refractivity contribution in [3.8, 4) is 0 Å². The van der Waals surface area contributed by atoms with E-state index in [0.29, 0.717) is 13.1 Å². The van der Waals surface area contributed by atoms with Crippen LogP contribution in [0, 0.1) is 0 Å². The summed E-state index contributed by atoms with van der Waals surface area (Å²) in [4.78, 5) is 28.0. The number of hydrogen-bond acceptors (Lipinski definition) is 8. The summed E-state index contributed by atoms with van der Waals surface area (Å²) < 4.78 is 0. The van der Waals surface area contributed by atoms with Gasteiger partial charge in [0.25, 0.3) is 0 Å². The fourth-order valence-corrected chi connectivity index (χ4v) is 4.26. The van der Waals surface area contributed by atoms with Crippen LogP contribution in [-0.4, -0.2) is 73.1 Å². The Bertz CT molecular complexity index is 1130. The minimum atomic E-state index is 0.711. The van der Waals surface area contributed by atoms with E-state index in [0.717, 1.165) is 97.2 Å². The summed E-state index contributed by atoms with van der Waals surface area (Å²) in [6.45, 7) is 12.8. The van der Waals surface area contributed by atoms with Gasteiger partial charge in [-0.2, -0.15) is 0 Å². The maximum atomic E-state index is 4.86. The first-order valence-corrected chi connectivity index (χ1v) is 14.3. The first-order chi connectivity index (χ1) is 19.5. The third-order valence-corrected chi connectivity index (χ3v) is 6.61. The number of allylic oxidation sites excluding steroid dienone is 4. The van der Waals surface area contributed by atoms with Crippen LogP contribution in [0.15, 0.2) is 91.3 Å². The monoisotopic (exact) mass is 540 g/mol. The highest BCUT2D eigenvalue weighted by Gasteiger charge is 2.07. The molecule has 212 valence electrons. The second kappa shape index (κ2) is 17.6. The molecule has 2 aromatic heterocycles. The Labute approximate surface area is 239 Å². The molecule has 2 N–H and O–H groups in total. The van der Waals surface area contributed by atoms with E-state index >= 15 is 0 Å². The molecule has 0 amide bonds. The number of aliphatic imine (C=N–C) groups is 4. The molecule has 1 aliphatic heterocycles. The van der Waals surface area contributed by atoms with Crippen LogP contribution in [0.25, 0.3) is 0 Å². The molecule has 0 atom stereocenters. The molecule has 0 radical (unpaired) electrons. The van der Waals surface area contributed by atoms with Crippen molar-refractivity contribution in [2.75, 3.05) is 39.3 Å². The van der Waals surface area contributed by atoms with E-state index in [1.807, 2.05) is 49.1 Å². The normalized spacial score (nSPS) is 18.0. The van der Waals surface area contributed by atoms with Gasteiger partial charge in [-0.25, -0.2) is 0 Å². The lowest BCUT2D eigenvalue weighted by molar-refractivity contribution is 0.771. The van der Waals surface area contributed by atoms with Crippen LogP contribution in [-0.2, 0) is 12.8 Å². The zero-order chi connectivity index (χ0) is 28.4. The lowest BCUT2D eigenvalue weighted by Crippen LogP contribution is -2.20. The molecular formula is C32H44N8. The molecule has 0 saturated heterocycles. The van der Waals surface area contributed by atoms with Crippen molar-refractivity contribution in [3.05, 3.63) is 82.7 Å². The zero-order valence-electron chi connectivity index (χ0n) is 24.5. The van der Waals surface area contributed by atoms with Gasteiger partial charge in [-0.3, -0.25) is 29.9 Å². The molecule has 0 saturated carbocycles. The summed E-state index contributed by atoms with van der Waals surface area (Å²) in [5.74, 6) is 0. The van der Waals surface area contributed by atoms with Gasteiger partial charge in [0.1, 0.15) is 0 Å². The van der Waals surface area contributed by atoms with Crippen molar-refractivity contribution in [1.29, 1.82) is 0 Å². The number of aromatic nitrogens is 2. The Kier molecular flexibility index (Phi) is 13.5. The second-order valence-corrected chi connectivity index (χ2v) is 9.78. The van der Waals surface area contributed by atoms with Crippen molar-refractivity contribution in [1.82, 2.24) is 20.6 Å². The Balaban J connectivity index is 1.64. The molecule has 3 rings (SSSR count). The average molecular weight is 541 g/mol. The zero-order valence-corrected chi connectivity index (χ0v) is 24.5. The average Bonchev–Trinajstić information content (AvgIpc) is 2.96. The van der Waals surface area contributed by atoms with Crippen LogP contribution in [0.4, 0.5) is 0 Å². The molecule has 8 nitrogen and oxygen atoms in total. The van der Waals surface area contributed by atoms with Crippen LogP contribution in [0.3, 0.4) is 0 Å². The quantitative estimate of drug-likeness (QED) is 0.500. The van der Waals surface area contributed by atoms with Gasteiger partial charge in [-0.15, -0.1) is 0 Å². The van der Waals surface area contributed by atoms with Gasteiger partial charge < -0.3 is 10.6 Å². The van der Waals surface area contributed by atoms with E-state index in [2.05, 4.69) is 60.4 Å². The molecule has 8 heteroatoms. The van der Waals surface area contributed by atoms with Gasteiger partial charge in [-0.1, -0.05) is 12.1 Å². The van der Waals surface area contributed by atoms with Gasteiger partial charge in [0, 0.05) is 122 Å². The van der Waals surface area contributed by atoms with Crippen molar-refractivity contribution in [2.45, 2.75) is 53.4 Å². The minimum absolute atomic E-state index is 0.711. The summed E-state index contributed by atoms with van der Waals surface area (Å²) >= 11 is 0. The summed E-state index contributed by atoms with van der Waals surface area (Å²) in [5, 5.41) is 7.07. The topological polar surface area (TPSA) is 99.3 Å². The highest BCUT2D eigenvalue weighted by molar-refractivity contribution is 6.16.